The molecular formula is C16H19ClN4O2S. The second-order valence-corrected chi connectivity index (χ2v) is 7.86. The van der Waals surface area contributed by atoms with E-state index in [1.54, 1.807) is 25.3 Å². The molecule has 1 aliphatic heterocycles. The van der Waals surface area contributed by atoms with Gasteiger partial charge in [0.25, 0.3) is 0 Å². The third-order valence-electron chi connectivity index (χ3n) is 4.05. The third kappa shape index (κ3) is 3.68. The highest BCUT2D eigenvalue weighted by molar-refractivity contribution is 7.89. The van der Waals surface area contributed by atoms with Crippen LogP contribution in [0.3, 0.4) is 0 Å². The minimum absolute atomic E-state index is 0.0377. The summed E-state index contributed by atoms with van der Waals surface area (Å²) >= 11 is 6.01. The van der Waals surface area contributed by atoms with Crippen molar-refractivity contribution < 1.29 is 8.42 Å². The number of nitrogens with zero attached hydrogens (tertiary/aromatic N) is 3. The molecule has 1 saturated heterocycles. The summed E-state index contributed by atoms with van der Waals surface area (Å²) in [7, 11) is -3.67. The van der Waals surface area contributed by atoms with Crippen molar-refractivity contribution >= 4 is 27.4 Å². The summed E-state index contributed by atoms with van der Waals surface area (Å²) in [6, 6.07) is 6.67. The van der Waals surface area contributed by atoms with Crippen LogP contribution in [0, 0.1) is 6.92 Å². The maximum atomic E-state index is 12.5. The highest BCUT2D eigenvalue weighted by Crippen LogP contribution is 2.23. The van der Waals surface area contributed by atoms with Gasteiger partial charge in [-0.2, -0.15) is 0 Å². The number of aromatic nitrogens is 2. The number of anilines is 1. The number of halogens is 1. The topological polar surface area (TPSA) is 75.2 Å². The van der Waals surface area contributed by atoms with E-state index in [0.29, 0.717) is 16.4 Å². The van der Waals surface area contributed by atoms with Gasteiger partial charge in [-0.3, -0.25) is 0 Å². The summed E-state index contributed by atoms with van der Waals surface area (Å²) in [5, 5.41) is 0.421. The van der Waals surface area contributed by atoms with Crippen LogP contribution in [0.4, 0.5) is 5.82 Å². The fourth-order valence-corrected chi connectivity index (χ4v) is 4.19. The Bertz CT molecular complexity index is 836. The van der Waals surface area contributed by atoms with Crippen molar-refractivity contribution in [1.82, 2.24) is 14.7 Å². The van der Waals surface area contributed by atoms with Gasteiger partial charge in [0.2, 0.25) is 10.0 Å². The lowest BCUT2D eigenvalue weighted by atomic mass is 10.2. The van der Waals surface area contributed by atoms with Crippen molar-refractivity contribution in [3.8, 4) is 0 Å². The lowest BCUT2D eigenvalue weighted by molar-refractivity contribution is 0.578. The summed E-state index contributed by atoms with van der Waals surface area (Å²) in [5.74, 6) is 1.29. The van der Waals surface area contributed by atoms with E-state index in [9.17, 15) is 8.42 Å². The number of rotatable bonds is 5. The zero-order chi connectivity index (χ0) is 17.2. The van der Waals surface area contributed by atoms with E-state index < -0.39 is 10.0 Å². The molecule has 128 valence electrons. The van der Waals surface area contributed by atoms with Crippen LogP contribution in [0.15, 0.2) is 35.4 Å². The lowest BCUT2D eigenvalue weighted by Gasteiger charge is -2.16. The first kappa shape index (κ1) is 17.1. The molecule has 2 heterocycles. The van der Waals surface area contributed by atoms with Crippen molar-refractivity contribution in [3.63, 3.8) is 0 Å². The Morgan fingerprint density at radius 3 is 2.75 bits per heavy atom. The van der Waals surface area contributed by atoms with Crippen LogP contribution in [-0.4, -0.2) is 31.5 Å². The molecule has 1 aromatic heterocycles. The first-order valence-corrected chi connectivity index (χ1v) is 9.65. The van der Waals surface area contributed by atoms with Crippen molar-refractivity contribution in [2.24, 2.45) is 0 Å². The maximum Gasteiger partial charge on any atom is 0.241 e. The summed E-state index contributed by atoms with van der Waals surface area (Å²) in [5.41, 5.74) is 0.526. The highest BCUT2D eigenvalue weighted by Gasteiger charge is 2.19. The molecule has 1 N–H and O–H groups in total. The third-order valence-corrected chi connectivity index (χ3v) is 6.00. The molecule has 0 bridgehead atoms. The summed E-state index contributed by atoms with van der Waals surface area (Å²) in [6.45, 7) is 3.67. The summed E-state index contributed by atoms with van der Waals surface area (Å²) in [6.07, 6.45) is 3.97. The Hall–Kier alpha value is -1.70. The predicted octanol–water partition coefficient (Wildman–Crippen LogP) is 2.52. The van der Waals surface area contributed by atoms with Crippen LogP contribution in [-0.2, 0) is 16.6 Å². The molecule has 6 nitrogen and oxygen atoms in total. The van der Waals surface area contributed by atoms with Gasteiger partial charge >= 0.3 is 0 Å². The SMILES string of the molecule is Cc1c(Cl)cccc1S(=O)(=O)NCc1nccc(N2CCCC2)n1. The van der Waals surface area contributed by atoms with Gasteiger partial charge in [0, 0.05) is 24.3 Å². The molecule has 3 rings (SSSR count). The zero-order valence-corrected chi connectivity index (χ0v) is 14.9. The average molecular weight is 367 g/mol. The van der Waals surface area contributed by atoms with Gasteiger partial charge in [0.15, 0.2) is 0 Å². The highest BCUT2D eigenvalue weighted by atomic mass is 35.5. The molecular weight excluding hydrogens is 348 g/mol. The van der Waals surface area contributed by atoms with Crippen LogP contribution < -0.4 is 9.62 Å². The van der Waals surface area contributed by atoms with Crippen molar-refractivity contribution in [2.75, 3.05) is 18.0 Å². The van der Waals surface area contributed by atoms with Gasteiger partial charge in [0.05, 0.1) is 11.4 Å². The molecule has 0 spiro atoms. The smallest absolute Gasteiger partial charge is 0.241 e. The Labute approximate surface area is 146 Å². The minimum atomic E-state index is -3.67. The van der Waals surface area contributed by atoms with Crippen LogP contribution in [0.2, 0.25) is 5.02 Å². The van der Waals surface area contributed by atoms with E-state index in [4.69, 9.17) is 11.6 Å². The molecule has 0 radical (unpaired) electrons. The van der Waals surface area contributed by atoms with Crippen molar-refractivity contribution in [1.29, 1.82) is 0 Å². The van der Waals surface area contributed by atoms with Gasteiger partial charge < -0.3 is 4.90 Å². The second kappa shape index (κ2) is 7.04. The van der Waals surface area contributed by atoms with Gasteiger partial charge in [-0.05, 0) is 43.5 Å². The van der Waals surface area contributed by atoms with Gasteiger partial charge in [-0.15, -0.1) is 0 Å². The van der Waals surface area contributed by atoms with Crippen molar-refractivity contribution in [3.05, 3.63) is 46.9 Å². The molecule has 0 aliphatic carbocycles. The van der Waals surface area contributed by atoms with Crippen LogP contribution in [0.1, 0.15) is 24.2 Å². The number of hydrogen-bond donors (Lipinski definition) is 1. The standard InChI is InChI=1S/C16H19ClN4O2S/c1-12-13(17)5-4-6-14(12)24(22,23)19-11-15-18-8-7-16(20-15)21-9-2-3-10-21/h4-8,19H,2-3,9-11H2,1H3. The molecule has 0 unspecified atom stereocenters. The summed E-state index contributed by atoms with van der Waals surface area (Å²) in [4.78, 5) is 11.0. The van der Waals surface area contributed by atoms with Crippen molar-refractivity contribution in [2.45, 2.75) is 31.2 Å². The maximum absolute atomic E-state index is 12.5. The Balaban J connectivity index is 1.75. The Kier molecular flexibility index (Phi) is 5.03. The summed E-state index contributed by atoms with van der Waals surface area (Å²) < 4.78 is 27.5. The number of benzene rings is 1. The normalized spacial score (nSPS) is 15.0. The van der Waals surface area contributed by atoms with E-state index in [1.807, 2.05) is 6.07 Å². The van der Waals surface area contributed by atoms with Gasteiger partial charge in [0.1, 0.15) is 11.6 Å². The molecule has 0 atom stereocenters. The molecule has 1 aromatic carbocycles. The molecule has 24 heavy (non-hydrogen) atoms. The Morgan fingerprint density at radius 1 is 1.25 bits per heavy atom. The molecule has 2 aromatic rings. The van der Waals surface area contributed by atoms with Crippen LogP contribution in [0.25, 0.3) is 0 Å². The monoisotopic (exact) mass is 366 g/mol. The number of sulfonamides is 1. The number of hydrogen-bond acceptors (Lipinski definition) is 5. The van der Waals surface area contributed by atoms with Crippen LogP contribution >= 0.6 is 11.6 Å². The van der Waals surface area contributed by atoms with Gasteiger partial charge in [-0.25, -0.2) is 23.1 Å². The van der Waals surface area contributed by atoms with E-state index in [2.05, 4.69) is 19.6 Å². The van der Waals surface area contributed by atoms with E-state index in [1.165, 1.54) is 6.07 Å². The molecule has 1 aliphatic rings. The minimum Gasteiger partial charge on any atom is -0.357 e. The molecule has 8 heteroatoms. The fourth-order valence-electron chi connectivity index (χ4n) is 2.71. The largest absolute Gasteiger partial charge is 0.357 e. The number of nitrogens with one attached hydrogen (secondary N) is 1. The van der Waals surface area contributed by atoms with E-state index in [0.717, 1.165) is 31.7 Å². The first-order valence-electron chi connectivity index (χ1n) is 7.79. The first-order chi connectivity index (χ1) is 11.5. The zero-order valence-electron chi connectivity index (χ0n) is 13.4. The molecule has 0 saturated carbocycles. The second-order valence-electron chi connectivity index (χ2n) is 5.71. The lowest BCUT2D eigenvalue weighted by Crippen LogP contribution is -2.26. The van der Waals surface area contributed by atoms with Gasteiger partial charge in [-0.1, -0.05) is 17.7 Å². The average Bonchev–Trinajstić information content (AvgIpc) is 3.10. The molecule has 1 fully saturated rings. The quantitative estimate of drug-likeness (QED) is 0.880. The van der Waals surface area contributed by atoms with Crippen LogP contribution in [0.5, 0.6) is 0 Å². The fraction of sp³-hybridized carbons (Fsp3) is 0.375. The Morgan fingerprint density at radius 2 is 2.00 bits per heavy atom. The predicted molar refractivity (Wildman–Crippen MR) is 93.7 cm³/mol. The van der Waals surface area contributed by atoms with E-state index in [-0.39, 0.29) is 11.4 Å². The molecule has 0 amide bonds. The van der Waals surface area contributed by atoms with E-state index >= 15 is 0 Å².